The summed E-state index contributed by atoms with van der Waals surface area (Å²) in [6.45, 7) is 3.24. The number of carbonyl (C=O) groups is 2. The minimum Gasteiger partial charge on any atom is -0.493 e. The highest BCUT2D eigenvalue weighted by Gasteiger charge is 2.35. The molecule has 0 amide bonds. The Bertz CT molecular complexity index is 1790. The third kappa shape index (κ3) is 5.23. The van der Waals surface area contributed by atoms with Gasteiger partial charge < -0.3 is 14.2 Å². The lowest BCUT2D eigenvalue weighted by molar-refractivity contribution is -0.139. The van der Waals surface area contributed by atoms with Gasteiger partial charge in [0.15, 0.2) is 16.3 Å². The number of aromatic nitrogens is 1. The molecule has 2 heterocycles. The molecule has 0 aliphatic carbocycles. The van der Waals surface area contributed by atoms with Crippen LogP contribution in [-0.2, 0) is 14.3 Å². The Balaban J connectivity index is 1.75. The Morgan fingerprint density at radius 1 is 1.00 bits per heavy atom. The second-order valence-electron chi connectivity index (χ2n) is 8.85. The Morgan fingerprint density at radius 3 is 2.35 bits per heavy atom. The molecule has 4 aromatic rings. The zero-order chi connectivity index (χ0) is 28.2. The summed E-state index contributed by atoms with van der Waals surface area (Å²) in [5.74, 6) is -0.356. The number of hydrogen-bond donors (Lipinski definition) is 0. The monoisotopic (exact) mass is 554 g/mol. The summed E-state index contributed by atoms with van der Waals surface area (Å²) in [5.41, 5.74) is 2.64. The van der Waals surface area contributed by atoms with Crippen molar-refractivity contribution in [1.82, 2.24) is 4.57 Å². The van der Waals surface area contributed by atoms with E-state index in [4.69, 9.17) is 19.2 Å². The predicted molar refractivity (Wildman–Crippen MR) is 152 cm³/mol. The second kappa shape index (κ2) is 11.5. The van der Waals surface area contributed by atoms with Crippen LogP contribution >= 0.6 is 11.3 Å². The quantitative estimate of drug-likeness (QED) is 0.254. The second-order valence-corrected chi connectivity index (χ2v) is 9.86. The van der Waals surface area contributed by atoms with Crippen molar-refractivity contribution in [3.8, 4) is 11.5 Å². The zero-order valence-corrected chi connectivity index (χ0v) is 22.9. The molecule has 0 unspecified atom stereocenters. The normalized spacial score (nSPS) is 14.8. The lowest BCUT2D eigenvalue weighted by Crippen LogP contribution is -2.39. The van der Waals surface area contributed by atoms with Gasteiger partial charge in [0.2, 0.25) is 0 Å². The fourth-order valence-corrected chi connectivity index (χ4v) is 5.56. The molecule has 0 fully saturated rings. The maximum atomic E-state index is 13.9. The summed E-state index contributed by atoms with van der Waals surface area (Å²) in [5, 5.41) is 0. The first-order valence-corrected chi connectivity index (χ1v) is 13.4. The lowest BCUT2D eigenvalue weighted by Gasteiger charge is -2.25. The molecule has 5 rings (SSSR count). The van der Waals surface area contributed by atoms with Crippen LogP contribution in [0.25, 0.3) is 11.8 Å². The molecule has 1 atom stereocenters. The van der Waals surface area contributed by atoms with Crippen LogP contribution < -0.4 is 24.4 Å². The Labute approximate surface area is 234 Å². The van der Waals surface area contributed by atoms with Crippen LogP contribution in [0.15, 0.2) is 94.2 Å². The van der Waals surface area contributed by atoms with Crippen LogP contribution in [0.4, 0.5) is 0 Å². The van der Waals surface area contributed by atoms with E-state index < -0.39 is 18.0 Å². The van der Waals surface area contributed by atoms with E-state index in [1.807, 2.05) is 60.7 Å². The topological polar surface area (TPSA) is 96.2 Å². The fourth-order valence-electron chi connectivity index (χ4n) is 4.56. The number of ether oxygens (including phenoxy) is 3. The Hall–Kier alpha value is -4.76. The van der Waals surface area contributed by atoms with Gasteiger partial charge in [-0.3, -0.25) is 14.2 Å². The van der Waals surface area contributed by atoms with Gasteiger partial charge in [0.25, 0.3) is 5.56 Å². The Morgan fingerprint density at radius 2 is 1.70 bits per heavy atom. The first kappa shape index (κ1) is 26.8. The number of rotatable bonds is 7. The number of hydrogen-bond acceptors (Lipinski definition) is 8. The van der Waals surface area contributed by atoms with E-state index >= 15 is 0 Å². The minimum atomic E-state index is -0.741. The van der Waals surface area contributed by atoms with Gasteiger partial charge in [-0.2, -0.15) is 0 Å². The van der Waals surface area contributed by atoms with Crippen molar-refractivity contribution >= 4 is 35.0 Å². The molecule has 1 aromatic heterocycles. The number of fused-ring (bicyclic) bond motifs is 1. The van der Waals surface area contributed by atoms with Crippen molar-refractivity contribution in [1.29, 1.82) is 0 Å². The van der Waals surface area contributed by atoms with Gasteiger partial charge >= 0.3 is 11.9 Å². The molecule has 0 bridgehead atoms. The maximum Gasteiger partial charge on any atom is 0.338 e. The van der Waals surface area contributed by atoms with E-state index in [0.29, 0.717) is 31.9 Å². The van der Waals surface area contributed by atoms with E-state index in [1.54, 1.807) is 35.8 Å². The van der Waals surface area contributed by atoms with E-state index in [9.17, 15) is 14.4 Å². The van der Waals surface area contributed by atoms with Gasteiger partial charge in [0, 0.05) is 12.5 Å². The largest absolute Gasteiger partial charge is 0.493 e. The van der Waals surface area contributed by atoms with Gasteiger partial charge in [-0.25, -0.2) is 9.79 Å². The molecule has 202 valence electrons. The molecule has 9 heteroatoms. The highest BCUT2D eigenvalue weighted by molar-refractivity contribution is 7.07. The zero-order valence-electron chi connectivity index (χ0n) is 22.1. The third-order valence-corrected chi connectivity index (χ3v) is 7.21. The van der Waals surface area contributed by atoms with E-state index in [0.717, 1.165) is 11.1 Å². The molecule has 40 heavy (non-hydrogen) atoms. The molecule has 0 spiro atoms. The van der Waals surface area contributed by atoms with Crippen molar-refractivity contribution < 1.29 is 23.8 Å². The van der Waals surface area contributed by atoms with Crippen molar-refractivity contribution in [3.63, 3.8) is 0 Å². The van der Waals surface area contributed by atoms with Crippen LogP contribution in [0, 0.1) is 0 Å². The summed E-state index contributed by atoms with van der Waals surface area (Å²) in [4.78, 5) is 44.1. The SMILES string of the molecule is CCOC(=O)C1=C(c2ccccc2)N=c2s/c(=C\c3ccc(OC(C)=O)c(OC)c3)c(=O)n2[C@H]1c1ccccc1. The summed E-state index contributed by atoms with van der Waals surface area (Å²) in [7, 11) is 1.47. The minimum absolute atomic E-state index is 0.182. The average Bonchev–Trinajstić information content (AvgIpc) is 3.27. The van der Waals surface area contributed by atoms with E-state index in [1.165, 1.54) is 25.4 Å². The van der Waals surface area contributed by atoms with Crippen molar-refractivity contribution in [2.75, 3.05) is 13.7 Å². The maximum absolute atomic E-state index is 13.9. The van der Waals surface area contributed by atoms with Crippen LogP contribution in [0.3, 0.4) is 0 Å². The van der Waals surface area contributed by atoms with Crippen LogP contribution in [-0.4, -0.2) is 30.2 Å². The molecule has 0 N–H and O–H groups in total. The molecule has 0 saturated heterocycles. The highest BCUT2D eigenvalue weighted by Crippen LogP contribution is 2.35. The number of thiazole rings is 1. The van der Waals surface area contributed by atoms with Crippen LogP contribution in [0.2, 0.25) is 0 Å². The van der Waals surface area contributed by atoms with E-state index in [2.05, 4.69) is 0 Å². The van der Waals surface area contributed by atoms with Gasteiger partial charge in [-0.05, 0) is 36.3 Å². The number of esters is 2. The molecule has 0 radical (unpaired) electrons. The van der Waals surface area contributed by atoms with E-state index in [-0.39, 0.29) is 17.9 Å². The third-order valence-electron chi connectivity index (χ3n) is 6.23. The molecule has 0 saturated carbocycles. The van der Waals surface area contributed by atoms with Crippen molar-refractivity contribution in [2.45, 2.75) is 19.9 Å². The van der Waals surface area contributed by atoms with Gasteiger partial charge in [0.05, 0.1) is 35.6 Å². The number of nitrogens with zero attached hydrogens (tertiary/aromatic N) is 2. The highest BCUT2D eigenvalue weighted by atomic mass is 32.1. The first-order valence-electron chi connectivity index (χ1n) is 12.6. The standard InChI is InChI=1S/C31H26N2O6S/c1-4-38-30(36)26-27(21-11-7-5-8-12-21)32-31-33(28(26)22-13-9-6-10-14-22)29(35)25(40-31)18-20-15-16-23(39-19(2)34)24(17-20)37-3/h5-18,28H,4H2,1-3H3/b25-18-/t28-/m0/s1. The summed E-state index contributed by atoms with van der Waals surface area (Å²) < 4.78 is 18.0. The molecular weight excluding hydrogens is 528 g/mol. The smallest absolute Gasteiger partial charge is 0.338 e. The van der Waals surface area contributed by atoms with Crippen molar-refractivity contribution in [3.05, 3.63) is 121 Å². The van der Waals surface area contributed by atoms with Gasteiger partial charge in [0.1, 0.15) is 0 Å². The van der Waals surface area contributed by atoms with Crippen LogP contribution in [0.5, 0.6) is 11.5 Å². The average molecular weight is 555 g/mol. The van der Waals surface area contributed by atoms with Gasteiger partial charge in [-0.15, -0.1) is 0 Å². The van der Waals surface area contributed by atoms with Crippen molar-refractivity contribution in [2.24, 2.45) is 4.99 Å². The summed E-state index contributed by atoms with van der Waals surface area (Å²) >= 11 is 1.22. The predicted octanol–water partition coefficient (Wildman–Crippen LogP) is 3.87. The molecule has 1 aliphatic heterocycles. The summed E-state index contributed by atoms with van der Waals surface area (Å²) in [6, 6.07) is 23.1. The van der Waals surface area contributed by atoms with Gasteiger partial charge in [-0.1, -0.05) is 78.1 Å². The summed E-state index contributed by atoms with van der Waals surface area (Å²) in [6.07, 6.45) is 1.72. The molecule has 3 aromatic carbocycles. The molecule has 8 nitrogen and oxygen atoms in total. The number of benzene rings is 3. The lowest BCUT2D eigenvalue weighted by atomic mass is 9.93. The Kier molecular flexibility index (Phi) is 7.75. The first-order chi connectivity index (χ1) is 19.4. The molecular formula is C31H26N2O6S. The number of methoxy groups -OCH3 is 1. The number of carbonyl (C=O) groups excluding carboxylic acids is 2. The van der Waals surface area contributed by atoms with Crippen LogP contribution in [0.1, 0.15) is 36.6 Å². The fraction of sp³-hybridized carbons (Fsp3) is 0.161. The molecule has 1 aliphatic rings.